The van der Waals surface area contributed by atoms with Gasteiger partial charge in [-0.2, -0.15) is 0 Å². The molecular weight excluding hydrogens is 268 g/mol. The van der Waals surface area contributed by atoms with Crippen molar-refractivity contribution in [3.63, 3.8) is 0 Å². The van der Waals surface area contributed by atoms with Crippen LogP contribution < -0.4 is 15.4 Å². The molecule has 1 saturated heterocycles. The Hall–Kier alpha value is -2.44. The Morgan fingerprint density at radius 1 is 1.00 bits per heavy atom. The zero-order chi connectivity index (χ0) is 14.7. The van der Waals surface area contributed by atoms with Gasteiger partial charge >= 0.3 is 0 Å². The molecule has 0 aliphatic carbocycles. The summed E-state index contributed by atoms with van der Waals surface area (Å²) in [6.45, 7) is 5.67. The Bertz CT molecular complexity index is 648. The fraction of sp³-hybridized carbons (Fsp3) is 0.429. The quantitative estimate of drug-likeness (QED) is 0.812. The molecule has 1 aliphatic rings. The van der Waals surface area contributed by atoms with E-state index in [-0.39, 0.29) is 5.56 Å². The molecular formula is C14H18N6O. The molecule has 0 aromatic carbocycles. The third kappa shape index (κ3) is 2.72. The summed E-state index contributed by atoms with van der Waals surface area (Å²) in [5.41, 5.74) is -0.0237. The summed E-state index contributed by atoms with van der Waals surface area (Å²) in [7, 11) is 0. The zero-order valence-electron chi connectivity index (χ0n) is 12.0. The van der Waals surface area contributed by atoms with Crippen molar-refractivity contribution >= 4 is 11.8 Å². The van der Waals surface area contributed by atoms with Crippen LogP contribution in [0.15, 0.2) is 35.6 Å². The summed E-state index contributed by atoms with van der Waals surface area (Å²) in [5, 5.41) is 0. The highest BCUT2D eigenvalue weighted by Crippen LogP contribution is 2.12. The normalized spacial score (nSPS) is 15.3. The first-order chi connectivity index (χ1) is 10.3. The van der Waals surface area contributed by atoms with E-state index in [0.29, 0.717) is 12.4 Å². The van der Waals surface area contributed by atoms with E-state index in [2.05, 4.69) is 19.9 Å². The molecule has 0 spiro atoms. The predicted octanol–water partition coefficient (Wildman–Crippen LogP) is 0.380. The maximum atomic E-state index is 12.3. The van der Waals surface area contributed by atoms with Crippen LogP contribution >= 0.6 is 0 Å². The minimum atomic E-state index is -0.0237. The van der Waals surface area contributed by atoms with E-state index in [1.165, 1.54) is 0 Å². The largest absolute Gasteiger partial charge is 0.348 e. The van der Waals surface area contributed by atoms with Crippen LogP contribution in [-0.2, 0) is 6.54 Å². The van der Waals surface area contributed by atoms with E-state index in [0.717, 1.165) is 32.1 Å². The van der Waals surface area contributed by atoms with Crippen molar-refractivity contribution in [1.82, 2.24) is 19.5 Å². The van der Waals surface area contributed by atoms with Gasteiger partial charge < -0.3 is 14.4 Å². The van der Waals surface area contributed by atoms with Crippen LogP contribution in [0.3, 0.4) is 0 Å². The van der Waals surface area contributed by atoms with Crippen molar-refractivity contribution in [2.24, 2.45) is 0 Å². The molecule has 2 aromatic rings. The lowest BCUT2D eigenvalue weighted by Gasteiger charge is -2.34. The molecule has 3 heterocycles. The summed E-state index contributed by atoms with van der Waals surface area (Å²) < 4.78 is 1.68. The minimum Gasteiger partial charge on any atom is -0.348 e. The van der Waals surface area contributed by atoms with Crippen LogP contribution in [0.1, 0.15) is 6.92 Å². The van der Waals surface area contributed by atoms with Crippen molar-refractivity contribution in [3.8, 4) is 0 Å². The topological polar surface area (TPSA) is 67.2 Å². The average Bonchev–Trinajstić information content (AvgIpc) is 2.56. The number of aromatic nitrogens is 4. The van der Waals surface area contributed by atoms with Crippen molar-refractivity contribution in [1.29, 1.82) is 0 Å². The summed E-state index contributed by atoms with van der Waals surface area (Å²) in [6, 6.07) is 1.81. The molecule has 0 unspecified atom stereocenters. The number of hydrogen-bond donors (Lipinski definition) is 0. The molecule has 2 aromatic heterocycles. The third-order valence-electron chi connectivity index (χ3n) is 3.65. The molecule has 3 rings (SSSR count). The first kappa shape index (κ1) is 13.5. The second-order valence-electron chi connectivity index (χ2n) is 4.86. The van der Waals surface area contributed by atoms with Gasteiger partial charge in [0.15, 0.2) is 5.82 Å². The van der Waals surface area contributed by atoms with Crippen molar-refractivity contribution in [2.75, 3.05) is 36.0 Å². The van der Waals surface area contributed by atoms with E-state index < -0.39 is 0 Å². The van der Waals surface area contributed by atoms with E-state index in [9.17, 15) is 4.79 Å². The van der Waals surface area contributed by atoms with Crippen LogP contribution in [0.2, 0.25) is 0 Å². The zero-order valence-corrected chi connectivity index (χ0v) is 12.0. The first-order valence-corrected chi connectivity index (χ1v) is 7.12. The van der Waals surface area contributed by atoms with Gasteiger partial charge in [-0.1, -0.05) is 0 Å². The monoisotopic (exact) mass is 286 g/mol. The molecule has 0 saturated carbocycles. The first-order valence-electron chi connectivity index (χ1n) is 7.12. The van der Waals surface area contributed by atoms with Crippen molar-refractivity contribution in [2.45, 2.75) is 13.5 Å². The van der Waals surface area contributed by atoms with Gasteiger partial charge in [0.25, 0.3) is 5.56 Å². The molecule has 7 nitrogen and oxygen atoms in total. The Balaban J connectivity index is 1.73. The summed E-state index contributed by atoms with van der Waals surface area (Å²) in [4.78, 5) is 29.2. The molecule has 1 aliphatic heterocycles. The highest BCUT2D eigenvalue weighted by Gasteiger charge is 2.21. The van der Waals surface area contributed by atoms with Gasteiger partial charge in [0.1, 0.15) is 0 Å². The Kier molecular flexibility index (Phi) is 3.81. The minimum absolute atomic E-state index is 0.0237. The van der Waals surface area contributed by atoms with Crippen LogP contribution in [0.4, 0.5) is 11.8 Å². The number of anilines is 2. The van der Waals surface area contributed by atoms with E-state index in [1.54, 1.807) is 35.4 Å². The van der Waals surface area contributed by atoms with E-state index in [1.807, 2.05) is 11.8 Å². The fourth-order valence-corrected chi connectivity index (χ4v) is 2.47. The smallest absolute Gasteiger partial charge is 0.293 e. The van der Waals surface area contributed by atoms with Gasteiger partial charge in [-0.3, -0.25) is 4.79 Å². The second kappa shape index (κ2) is 5.90. The Morgan fingerprint density at radius 3 is 2.33 bits per heavy atom. The maximum Gasteiger partial charge on any atom is 0.293 e. The number of aryl methyl sites for hydroxylation is 1. The summed E-state index contributed by atoms with van der Waals surface area (Å²) >= 11 is 0. The lowest BCUT2D eigenvalue weighted by atomic mass is 10.3. The van der Waals surface area contributed by atoms with Crippen LogP contribution in [0.5, 0.6) is 0 Å². The van der Waals surface area contributed by atoms with Gasteiger partial charge in [-0.15, -0.1) is 0 Å². The standard InChI is InChI=1S/C14H18N6O/c1-2-18-7-6-15-12(13(18)21)19-8-10-20(11-9-19)14-16-4-3-5-17-14/h3-7H,2,8-11H2,1H3. The third-order valence-corrected chi connectivity index (χ3v) is 3.65. The van der Waals surface area contributed by atoms with Crippen LogP contribution in [0.25, 0.3) is 0 Å². The molecule has 0 radical (unpaired) electrons. The van der Waals surface area contributed by atoms with E-state index in [4.69, 9.17) is 0 Å². The average molecular weight is 286 g/mol. The molecule has 7 heteroatoms. The van der Waals surface area contributed by atoms with E-state index >= 15 is 0 Å². The second-order valence-corrected chi connectivity index (χ2v) is 4.86. The predicted molar refractivity (Wildman–Crippen MR) is 80.6 cm³/mol. The molecule has 1 fully saturated rings. The molecule has 0 atom stereocenters. The van der Waals surface area contributed by atoms with Crippen LogP contribution in [0, 0.1) is 0 Å². The van der Waals surface area contributed by atoms with Gasteiger partial charge in [0.2, 0.25) is 5.95 Å². The fourth-order valence-electron chi connectivity index (χ4n) is 2.47. The van der Waals surface area contributed by atoms with Gasteiger partial charge in [0.05, 0.1) is 0 Å². The number of nitrogens with zero attached hydrogens (tertiary/aromatic N) is 6. The summed E-state index contributed by atoms with van der Waals surface area (Å²) in [5.74, 6) is 1.28. The molecule has 110 valence electrons. The molecule has 21 heavy (non-hydrogen) atoms. The highest BCUT2D eigenvalue weighted by molar-refractivity contribution is 5.40. The Labute approximate surface area is 122 Å². The molecule has 0 amide bonds. The summed E-state index contributed by atoms with van der Waals surface area (Å²) in [6.07, 6.45) is 6.90. The molecule has 0 N–H and O–H groups in total. The highest BCUT2D eigenvalue weighted by atomic mass is 16.1. The maximum absolute atomic E-state index is 12.3. The Morgan fingerprint density at radius 2 is 1.67 bits per heavy atom. The number of piperazine rings is 1. The number of rotatable bonds is 3. The number of hydrogen-bond acceptors (Lipinski definition) is 6. The molecule has 0 bridgehead atoms. The lowest BCUT2D eigenvalue weighted by molar-refractivity contribution is 0.622. The lowest BCUT2D eigenvalue weighted by Crippen LogP contribution is -2.49. The van der Waals surface area contributed by atoms with Gasteiger partial charge in [0, 0.05) is 57.5 Å². The van der Waals surface area contributed by atoms with Crippen LogP contribution in [-0.4, -0.2) is 45.7 Å². The van der Waals surface area contributed by atoms with Crippen molar-refractivity contribution in [3.05, 3.63) is 41.2 Å². The van der Waals surface area contributed by atoms with Crippen molar-refractivity contribution < 1.29 is 0 Å². The van der Waals surface area contributed by atoms with Gasteiger partial charge in [-0.05, 0) is 13.0 Å². The SMILES string of the molecule is CCn1ccnc(N2CCN(c3ncccn3)CC2)c1=O. The van der Waals surface area contributed by atoms with Gasteiger partial charge in [-0.25, -0.2) is 15.0 Å².